The third-order valence-electron chi connectivity index (χ3n) is 5.74. The van der Waals surface area contributed by atoms with Crippen LogP contribution in [0.3, 0.4) is 0 Å². The fourth-order valence-electron chi connectivity index (χ4n) is 3.94. The predicted molar refractivity (Wildman–Crippen MR) is 116 cm³/mol. The van der Waals surface area contributed by atoms with E-state index in [0.717, 1.165) is 31.3 Å². The number of nitrogens with zero attached hydrogens (tertiary/aromatic N) is 4. The summed E-state index contributed by atoms with van der Waals surface area (Å²) in [5, 5.41) is 3.56. The van der Waals surface area contributed by atoms with Crippen molar-refractivity contribution in [2.24, 2.45) is 4.99 Å². The number of anilines is 1. The third-order valence-corrected chi connectivity index (χ3v) is 5.74. The molecule has 0 aliphatic carbocycles. The van der Waals surface area contributed by atoms with Crippen LogP contribution in [0, 0.1) is 0 Å². The number of unbranched alkanes of at least 4 members (excludes halogenated alkanes) is 1. The number of nitrogens with one attached hydrogen (secondary N) is 1. The molecule has 1 aromatic carbocycles. The summed E-state index contributed by atoms with van der Waals surface area (Å²) in [5.74, 6) is 1.07. The minimum atomic E-state index is 0.917. The van der Waals surface area contributed by atoms with Crippen LogP contribution in [0.25, 0.3) is 0 Å². The topological polar surface area (TPSA) is 34.1 Å². The minimum absolute atomic E-state index is 0.917. The summed E-state index contributed by atoms with van der Waals surface area (Å²) in [6, 6.07) is 10.5. The second-order valence-corrected chi connectivity index (χ2v) is 7.73. The van der Waals surface area contributed by atoms with E-state index in [0.29, 0.717) is 0 Å². The van der Waals surface area contributed by atoms with Gasteiger partial charge < -0.3 is 20.0 Å². The summed E-state index contributed by atoms with van der Waals surface area (Å²) < 4.78 is 0. The number of rotatable bonds is 7. The van der Waals surface area contributed by atoms with Crippen LogP contribution in [0.5, 0.6) is 0 Å². The van der Waals surface area contributed by atoms with Crippen molar-refractivity contribution in [2.75, 3.05) is 64.2 Å². The van der Waals surface area contributed by atoms with Gasteiger partial charge in [-0.05, 0) is 57.3 Å². The van der Waals surface area contributed by atoms with Gasteiger partial charge in [0.15, 0.2) is 5.96 Å². The van der Waals surface area contributed by atoms with E-state index in [9.17, 15) is 0 Å². The Kier molecular flexibility index (Phi) is 8.43. The summed E-state index contributed by atoms with van der Waals surface area (Å²) in [7, 11) is 0. The highest BCUT2D eigenvalue weighted by atomic mass is 15.3. The number of aliphatic imine (C=N–C) groups is 1. The molecule has 0 unspecified atom stereocenters. The number of guanidine groups is 1. The monoisotopic (exact) mass is 371 g/mol. The first-order chi connectivity index (χ1) is 13.3. The molecule has 2 heterocycles. The maximum Gasteiger partial charge on any atom is 0.198 e. The number of hydrogen-bond acceptors (Lipinski definition) is 3. The number of hydrogen-bond donors (Lipinski definition) is 1. The van der Waals surface area contributed by atoms with Gasteiger partial charge in [-0.3, -0.25) is 4.99 Å². The molecule has 0 aromatic heterocycles. The van der Waals surface area contributed by atoms with Crippen molar-refractivity contribution in [1.29, 1.82) is 0 Å². The normalized spacial score (nSPS) is 20.0. The maximum absolute atomic E-state index is 4.96. The van der Waals surface area contributed by atoms with Crippen molar-refractivity contribution in [3.05, 3.63) is 30.3 Å². The molecule has 0 radical (unpaired) electrons. The Bertz CT molecular complexity index is 545. The van der Waals surface area contributed by atoms with E-state index >= 15 is 0 Å². The van der Waals surface area contributed by atoms with Gasteiger partial charge in [-0.15, -0.1) is 0 Å². The molecule has 2 saturated heterocycles. The predicted octanol–water partition coefficient (Wildman–Crippen LogP) is 3.36. The number of piperidine rings is 1. The summed E-state index contributed by atoms with van der Waals surface area (Å²) in [5.41, 5.74) is 1.13. The van der Waals surface area contributed by atoms with E-state index in [2.05, 4.69) is 57.3 Å². The Hall–Kier alpha value is -1.59. The van der Waals surface area contributed by atoms with Gasteiger partial charge in [-0.1, -0.05) is 25.1 Å². The van der Waals surface area contributed by atoms with Gasteiger partial charge in [0.25, 0.3) is 0 Å². The number of piperazine rings is 1. The SMILES string of the molecule is CCN1CCN(CCCCN=C(Nc2ccccc2)N2CCCCC2)CC1. The first-order valence-corrected chi connectivity index (χ1v) is 10.9. The molecule has 1 N–H and O–H groups in total. The van der Waals surface area contributed by atoms with Crippen LogP contribution in [-0.2, 0) is 0 Å². The lowest BCUT2D eigenvalue weighted by atomic mass is 10.1. The zero-order valence-electron chi connectivity index (χ0n) is 17.1. The maximum atomic E-state index is 4.96. The van der Waals surface area contributed by atoms with Crippen LogP contribution >= 0.6 is 0 Å². The van der Waals surface area contributed by atoms with Gasteiger partial charge in [0.2, 0.25) is 0 Å². The zero-order valence-corrected chi connectivity index (χ0v) is 17.1. The van der Waals surface area contributed by atoms with E-state index in [1.807, 2.05) is 0 Å². The number of benzene rings is 1. The van der Waals surface area contributed by atoms with Gasteiger partial charge in [0, 0.05) is 51.5 Å². The minimum Gasteiger partial charge on any atom is -0.343 e. The van der Waals surface area contributed by atoms with Crippen LogP contribution in [0.4, 0.5) is 5.69 Å². The Balaban J connectivity index is 1.43. The van der Waals surface area contributed by atoms with E-state index in [1.54, 1.807) is 0 Å². The van der Waals surface area contributed by atoms with Gasteiger partial charge in [0.05, 0.1) is 0 Å². The first kappa shape index (κ1) is 20.2. The van der Waals surface area contributed by atoms with Crippen LogP contribution in [0.1, 0.15) is 39.0 Å². The molecule has 3 rings (SSSR count). The molecule has 0 spiro atoms. The number of para-hydroxylation sites is 1. The molecule has 150 valence electrons. The lowest BCUT2D eigenvalue weighted by Crippen LogP contribution is -2.46. The molecule has 0 amide bonds. The molecule has 5 heteroatoms. The molecule has 2 aliphatic rings. The highest BCUT2D eigenvalue weighted by Crippen LogP contribution is 2.13. The van der Waals surface area contributed by atoms with Crippen molar-refractivity contribution >= 4 is 11.6 Å². The van der Waals surface area contributed by atoms with E-state index < -0.39 is 0 Å². The fourth-order valence-corrected chi connectivity index (χ4v) is 3.94. The summed E-state index contributed by atoms with van der Waals surface area (Å²) in [6.07, 6.45) is 6.31. The van der Waals surface area contributed by atoms with E-state index in [1.165, 1.54) is 71.4 Å². The largest absolute Gasteiger partial charge is 0.343 e. The Morgan fingerprint density at radius 3 is 2.30 bits per heavy atom. The van der Waals surface area contributed by atoms with Crippen molar-refractivity contribution in [3.63, 3.8) is 0 Å². The quantitative estimate of drug-likeness (QED) is 0.453. The molecular weight excluding hydrogens is 334 g/mol. The van der Waals surface area contributed by atoms with Crippen molar-refractivity contribution in [2.45, 2.75) is 39.0 Å². The fraction of sp³-hybridized carbons (Fsp3) is 0.682. The standard InChI is InChI=1S/C22H37N5/c1-2-25-17-19-26(20-18-25)14-10-7-13-23-22(27-15-8-4-9-16-27)24-21-11-5-3-6-12-21/h3,5-6,11-12H,2,4,7-10,13-20H2,1H3,(H,23,24). The van der Waals surface area contributed by atoms with Crippen molar-refractivity contribution in [3.8, 4) is 0 Å². The van der Waals surface area contributed by atoms with Crippen molar-refractivity contribution < 1.29 is 0 Å². The zero-order chi connectivity index (χ0) is 18.7. The van der Waals surface area contributed by atoms with E-state index in [-0.39, 0.29) is 0 Å². The molecule has 5 nitrogen and oxygen atoms in total. The summed E-state index contributed by atoms with van der Waals surface area (Å²) in [6.45, 7) is 12.8. The molecule has 2 fully saturated rings. The number of likely N-dealkylation sites (tertiary alicyclic amines) is 1. The molecule has 2 aliphatic heterocycles. The molecular formula is C22H37N5. The summed E-state index contributed by atoms with van der Waals surface area (Å²) >= 11 is 0. The lowest BCUT2D eigenvalue weighted by Gasteiger charge is -2.34. The van der Waals surface area contributed by atoms with Gasteiger partial charge >= 0.3 is 0 Å². The molecule has 1 aromatic rings. The molecule has 0 saturated carbocycles. The van der Waals surface area contributed by atoms with Crippen LogP contribution < -0.4 is 5.32 Å². The second kappa shape index (κ2) is 11.3. The van der Waals surface area contributed by atoms with Crippen LogP contribution in [0.2, 0.25) is 0 Å². The average Bonchev–Trinajstić information content (AvgIpc) is 2.74. The Morgan fingerprint density at radius 1 is 0.889 bits per heavy atom. The van der Waals surface area contributed by atoms with Crippen LogP contribution in [-0.4, -0.2) is 79.6 Å². The average molecular weight is 372 g/mol. The highest BCUT2D eigenvalue weighted by molar-refractivity contribution is 5.93. The number of likely N-dealkylation sites (N-methyl/N-ethyl adjacent to an activating group) is 1. The Labute approximate surface area is 165 Å². The van der Waals surface area contributed by atoms with Crippen molar-refractivity contribution in [1.82, 2.24) is 14.7 Å². The molecule has 0 atom stereocenters. The first-order valence-electron chi connectivity index (χ1n) is 10.9. The Morgan fingerprint density at radius 2 is 1.59 bits per heavy atom. The smallest absolute Gasteiger partial charge is 0.198 e. The highest BCUT2D eigenvalue weighted by Gasteiger charge is 2.16. The second-order valence-electron chi connectivity index (χ2n) is 7.73. The summed E-state index contributed by atoms with van der Waals surface area (Å²) in [4.78, 5) is 12.5. The third kappa shape index (κ3) is 6.82. The van der Waals surface area contributed by atoms with Gasteiger partial charge in [0.1, 0.15) is 0 Å². The van der Waals surface area contributed by atoms with Crippen LogP contribution in [0.15, 0.2) is 35.3 Å². The molecule has 0 bridgehead atoms. The van der Waals surface area contributed by atoms with Gasteiger partial charge in [-0.2, -0.15) is 0 Å². The van der Waals surface area contributed by atoms with E-state index in [4.69, 9.17) is 4.99 Å². The lowest BCUT2D eigenvalue weighted by molar-refractivity contribution is 0.136. The molecule has 27 heavy (non-hydrogen) atoms. The van der Waals surface area contributed by atoms with Gasteiger partial charge in [-0.25, -0.2) is 0 Å².